The molecule has 0 aromatic carbocycles. The minimum atomic E-state index is -4.62. The maximum Gasteiger partial charge on any atom is 0.419 e. The molecule has 4 heterocycles. The summed E-state index contributed by atoms with van der Waals surface area (Å²) in [6.07, 6.45) is -2.25. The molecule has 0 unspecified atom stereocenters. The molecule has 27 heavy (non-hydrogen) atoms. The first-order chi connectivity index (χ1) is 12.7. The molecule has 1 N–H and O–H groups in total. The highest BCUT2D eigenvalue weighted by atomic mass is 19.4. The summed E-state index contributed by atoms with van der Waals surface area (Å²) in [5.41, 5.74) is 0.982. The Morgan fingerprint density at radius 2 is 1.93 bits per heavy atom. The largest absolute Gasteiger partial charge is 0.419 e. The maximum absolute atomic E-state index is 13.6. The van der Waals surface area contributed by atoms with E-state index in [0.29, 0.717) is 36.4 Å². The minimum absolute atomic E-state index is 0.0711. The number of pyridine rings is 1. The first-order valence-corrected chi connectivity index (χ1v) is 8.73. The highest BCUT2D eigenvalue weighted by Crippen LogP contribution is 2.43. The number of aromatic amines is 1. The van der Waals surface area contributed by atoms with Crippen molar-refractivity contribution < 1.29 is 26.7 Å². The number of anilines is 1. The molecule has 0 aliphatic carbocycles. The van der Waals surface area contributed by atoms with Gasteiger partial charge >= 0.3 is 6.18 Å². The van der Waals surface area contributed by atoms with Crippen molar-refractivity contribution >= 4 is 22.3 Å². The van der Waals surface area contributed by atoms with E-state index in [-0.39, 0.29) is 18.8 Å². The molecule has 2 aliphatic rings. The second kappa shape index (κ2) is 6.47. The van der Waals surface area contributed by atoms with Gasteiger partial charge in [0.1, 0.15) is 5.65 Å². The topological polar surface area (TPSA) is 41.2 Å². The lowest BCUT2D eigenvalue weighted by molar-refractivity contribution is -0.137. The number of hydrogen-bond acceptors (Lipinski definition) is 3. The van der Waals surface area contributed by atoms with Crippen LogP contribution in [-0.4, -0.2) is 42.2 Å². The van der Waals surface area contributed by atoms with E-state index in [9.17, 15) is 22.0 Å². The van der Waals surface area contributed by atoms with Crippen molar-refractivity contribution in [3.63, 3.8) is 0 Å². The molecule has 4 rings (SSSR count). The predicted octanol–water partition coefficient (Wildman–Crippen LogP) is 4.62. The summed E-state index contributed by atoms with van der Waals surface area (Å²) < 4.78 is 73.0. The van der Waals surface area contributed by atoms with Gasteiger partial charge in [-0.15, -0.1) is 0 Å². The maximum atomic E-state index is 13.6. The number of H-pyrrole nitrogens is 1. The van der Waals surface area contributed by atoms with Gasteiger partial charge in [-0.05, 0) is 18.1 Å². The van der Waals surface area contributed by atoms with E-state index in [1.807, 2.05) is 6.08 Å². The van der Waals surface area contributed by atoms with Gasteiger partial charge in [-0.1, -0.05) is 6.08 Å². The third-order valence-corrected chi connectivity index (χ3v) is 5.06. The zero-order valence-electron chi connectivity index (χ0n) is 14.4. The zero-order valence-corrected chi connectivity index (χ0v) is 14.4. The molecule has 1 fully saturated rings. The Morgan fingerprint density at radius 1 is 1.19 bits per heavy atom. The van der Waals surface area contributed by atoms with E-state index in [2.05, 4.69) is 9.97 Å². The standard InChI is InChI=1S/C18H18F5N3O/c19-17(20)3-5-26(6-4-17)15-12-9-14(11-1-7-27-8-2-11)25-16(12)24-10-13(15)18(21,22)23/h1,9-10H,2-8H2,(H,24,25). The Bertz CT molecular complexity index is 877. The molecule has 0 amide bonds. The molecule has 9 heteroatoms. The molecule has 2 aromatic heterocycles. The van der Waals surface area contributed by atoms with Crippen molar-refractivity contribution in [3.05, 3.63) is 29.6 Å². The molecular formula is C18H18F5N3O. The number of rotatable bonds is 2. The fraction of sp³-hybridized carbons (Fsp3) is 0.500. The van der Waals surface area contributed by atoms with Gasteiger partial charge in [0, 0.05) is 43.2 Å². The molecule has 0 spiro atoms. The van der Waals surface area contributed by atoms with Gasteiger partial charge in [-0.3, -0.25) is 0 Å². The highest BCUT2D eigenvalue weighted by Gasteiger charge is 2.40. The molecule has 0 atom stereocenters. The molecule has 146 valence electrons. The SMILES string of the molecule is FC1(F)CCN(c2c(C(F)(F)F)cnc3[nH]c(C4=CCOCC4)cc23)CC1. The monoisotopic (exact) mass is 387 g/mol. The summed E-state index contributed by atoms with van der Waals surface area (Å²) in [5, 5.41) is 0.303. The number of nitrogens with zero attached hydrogens (tertiary/aromatic N) is 2. The Labute approximate surface area is 152 Å². The van der Waals surface area contributed by atoms with E-state index in [0.717, 1.165) is 11.8 Å². The molecule has 2 aliphatic heterocycles. The summed E-state index contributed by atoms with van der Waals surface area (Å²) in [7, 11) is 0. The lowest BCUT2D eigenvalue weighted by Gasteiger charge is -2.35. The Morgan fingerprint density at radius 3 is 2.56 bits per heavy atom. The molecule has 0 saturated carbocycles. The predicted molar refractivity (Wildman–Crippen MR) is 90.9 cm³/mol. The zero-order chi connectivity index (χ0) is 19.2. The van der Waals surface area contributed by atoms with Crippen molar-refractivity contribution in [3.8, 4) is 0 Å². The van der Waals surface area contributed by atoms with Crippen LogP contribution in [0.15, 0.2) is 18.3 Å². The first kappa shape index (κ1) is 18.2. The van der Waals surface area contributed by atoms with Crippen LogP contribution in [0, 0.1) is 0 Å². The van der Waals surface area contributed by atoms with Gasteiger partial charge in [0.15, 0.2) is 0 Å². The number of aromatic nitrogens is 2. The molecule has 4 nitrogen and oxygen atoms in total. The van der Waals surface area contributed by atoms with E-state index in [1.165, 1.54) is 4.90 Å². The lowest BCUT2D eigenvalue weighted by atomic mass is 10.0. The van der Waals surface area contributed by atoms with Crippen molar-refractivity contribution in [1.82, 2.24) is 9.97 Å². The summed E-state index contributed by atoms with van der Waals surface area (Å²) in [5.74, 6) is -2.84. The normalized spacial score (nSPS) is 20.8. The smallest absolute Gasteiger partial charge is 0.377 e. The highest BCUT2D eigenvalue weighted by molar-refractivity contribution is 5.95. The van der Waals surface area contributed by atoms with Crippen LogP contribution in [0.25, 0.3) is 16.6 Å². The number of alkyl halides is 5. The van der Waals surface area contributed by atoms with Crippen molar-refractivity contribution in [2.45, 2.75) is 31.4 Å². The van der Waals surface area contributed by atoms with Crippen LogP contribution < -0.4 is 4.90 Å². The lowest BCUT2D eigenvalue weighted by Crippen LogP contribution is -2.40. The van der Waals surface area contributed by atoms with Gasteiger partial charge < -0.3 is 14.6 Å². The summed E-state index contributed by atoms with van der Waals surface area (Å²) >= 11 is 0. The number of fused-ring (bicyclic) bond motifs is 1. The number of piperidine rings is 1. The number of ether oxygens (including phenoxy) is 1. The second-order valence-corrected chi connectivity index (χ2v) is 6.86. The Kier molecular flexibility index (Phi) is 4.37. The van der Waals surface area contributed by atoms with Gasteiger partial charge in [0.05, 0.1) is 24.5 Å². The Hall–Kier alpha value is -2.16. The number of halogens is 5. The number of hydrogen-bond donors (Lipinski definition) is 1. The first-order valence-electron chi connectivity index (χ1n) is 8.73. The van der Waals surface area contributed by atoms with Crippen molar-refractivity contribution in [2.24, 2.45) is 0 Å². The summed E-state index contributed by atoms with van der Waals surface area (Å²) in [6.45, 7) is 0.717. The Balaban J connectivity index is 1.82. The van der Waals surface area contributed by atoms with Crippen LogP contribution in [0.5, 0.6) is 0 Å². The number of nitrogens with one attached hydrogen (secondary N) is 1. The summed E-state index contributed by atoms with van der Waals surface area (Å²) in [6, 6.07) is 1.64. The third-order valence-electron chi connectivity index (χ3n) is 5.06. The van der Waals surface area contributed by atoms with Crippen molar-refractivity contribution in [2.75, 3.05) is 31.2 Å². The molecule has 1 saturated heterocycles. The van der Waals surface area contributed by atoms with Gasteiger partial charge in [0.25, 0.3) is 5.92 Å². The van der Waals surface area contributed by atoms with Crippen LogP contribution in [0.3, 0.4) is 0 Å². The average molecular weight is 387 g/mol. The van der Waals surface area contributed by atoms with E-state index in [4.69, 9.17) is 4.74 Å². The molecule has 0 bridgehead atoms. The average Bonchev–Trinajstić information content (AvgIpc) is 3.05. The van der Waals surface area contributed by atoms with Gasteiger partial charge in [0.2, 0.25) is 0 Å². The van der Waals surface area contributed by atoms with Crippen LogP contribution in [0.2, 0.25) is 0 Å². The van der Waals surface area contributed by atoms with Gasteiger partial charge in [-0.2, -0.15) is 13.2 Å². The molecule has 2 aromatic rings. The third kappa shape index (κ3) is 3.52. The molecular weight excluding hydrogens is 369 g/mol. The fourth-order valence-electron chi connectivity index (χ4n) is 3.61. The van der Waals surface area contributed by atoms with E-state index in [1.54, 1.807) is 6.07 Å². The summed E-state index contributed by atoms with van der Waals surface area (Å²) in [4.78, 5) is 8.40. The quantitative estimate of drug-likeness (QED) is 0.765. The van der Waals surface area contributed by atoms with Crippen LogP contribution >= 0.6 is 0 Å². The fourth-order valence-corrected chi connectivity index (χ4v) is 3.61. The van der Waals surface area contributed by atoms with Crippen LogP contribution in [0.1, 0.15) is 30.5 Å². The van der Waals surface area contributed by atoms with E-state index < -0.39 is 30.5 Å². The van der Waals surface area contributed by atoms with Crippen molar-refractivity contribution in [1.29, 1.82) is 0 Å². The second-order valence-electron chi connectivity index (χ2n) is 6.86. The van der Waals surface area contributed by atoms with Gasteiger partial charge in [-0.25, -0.2) is 13.8 Å². The minimum Gasteiger partial charge on any atom is -0.377 e. The van der Waals surface area contributed by atoms with Crippen LogP contribution in [0.4, 0.5) is 27.6 Å². The van der Waals surface area contributed by atoms with Crippen LogP contribution in [-0.2, 0) is 10.9 Å². The van der Waals surface area contributed by atoms with E-state index >= 15 is 0 Å². The molecule has 0 radical (unpaired) electrons.